The van der Waals surface area contributed by atoms with Crippen LogP contribution in [0.5, 0.6) is 0 Å². The Morgan fingerprint density at radius 1 is 1.73 bits per heavy atom. The first kappa shape index (κ1) is 10.7. The molecule has 0 aliphatic carbocycles. The molecule has 0 radical (unpaired) electrons. The van der Waals surface area contributed by atoms with Gasteiger partial charge in [-0.15, -0.1) is 0 Å². The van der Waals surface area contributed by atoms with E-state index in [0.29, 0.717) is 10.8 Å². The second-order valence-corrected chi connectivity index (χ2v) is 5.32. The van der Waals surface area contributed by atoms with Gasteiger partial charge >= 0.3 is 0 Å². The second kappa shape index (κ2) is 4.58. The topological polar surface area (TPSA) is 60.2 Å². The van der Waals surface area contributed by atoms with Crippen molar-refractivity contribution in [1.82, 2.24) is 0 Å². The highest BCUT2D eigenvalue weighted by Crippen LogP contribution is 2.10. The van der Waals surface area contributed by atoms with Gasteiger partial charge in [0.05, 0.1) is 0 Å². The van der Waals surface area contributed by atoms with Crippen molar-refractivity contribution in [2.45, 2.75) is 13.3 Å². The van der Waals surface area contributed by atoms with Crippen LogP contribution in [0.2, 0.25) is 0 Å². The van der Waals surface area contributed by atoms with Crippen LogP contribution in [0.25, 0.3) is 0 Å². The average Bonchev–Trinajstić information content (AvgIpc) is 1.85. The van der Waals surface area contributed by atoms with E-state index in [4.69, 9.17) is 5.14 Å². The van der Waals surface area contributed by atoms with E-state index in [9.17, 15) is 8.42 Å². The summed E-state index contributed by atoms with van der Waals surface area (Å²) in [4.78, 5) is 0. The molecule has 5 heteroatoms. The van der Waals surface area contributed by atoms with Crippen LogP contribution in [0.4, 0.5) is 0 Å². The normalized spacial score (nSPS) is 12.2. The van der Waals surface area contributed by atoms with Crippen LogP contribution in [0.15, 0.2) is 23.6 Å². The standard InChI is InChI=1S/C6H11NO2S2/c1-3-6(2)4-5-10-11(7,8)9/h4-5H,2-3H2,1H3,(H2,7,8,9)/b5-4-. The number of allylic oxidation sites excluding steroid dienone is 2. The highest BCUT2D eigenvalue weighted by molar-refractivity contribution is 8.72. The molecule has 0 aromatic carbocycles. The van der Waals surface area contributed by atoms with Crippen LogP contribution in [-0.2, 0) is 9.06 Å². The highest BCUT2D eigenvalue weighted by Gasteiger charge is 1.97. The lowest BCUT2D eigenvalue weighted by atomic mass is 10.2. The van der Waals surface area contributed by atoms with Crippen LogP contribution >= 0.6 is 10.8 Å². The summed E-state index contributed by atoms with van der Waals surface area (Å²) in [5.41, 5.74) is 0.876. The van der Waals surface area contributed by atoms with E-state index >= 15 is 0 Å². The first-order chi connectivity index (χ1) is 4.95. The van der Waals surface area contributed by atoms with Gasteiger partial charge in [-0.25, -0.2) is 13.6 Å². The van der Waals surface area contributed by atoms with Gasteiger partial charge < -0.3 is 0 Å². The molecule has 0 fully saturated rings. The fourth-order valence-electron chi connectivity index (χ4n) is 0.319. The predicted molar refractivity (Wildman–Crippen MR) is 49.3 cm³/mol. The van der Waals surface area contributed by atoms with Crippen LogP contribution < -0.4 is 5.14 Å². The van der Waals surface area contributed by atoms with Gasteiger partial charge in [-0.05, 0) is 11.8 Å². The average molecular weight is 193 g/mol. The van der Waals surface area contributed by atoms with Crippen molar-refractivity contribution in [2.24, 2.45) is 5.14 Å². The van der Waals surface area contributed by atoms with Crippen LogP contribution in [-0.4, -0.2) is 8.42 Å². The molecule has 0 bridgehead atoms. The van der Waals surface area contributed by atoms with Gasteiger partial charge in [0.15, 0.2) is 0 Å². The second-order valence-electron chi connectivity index (χ2n) is 1.90. The maximum Gasteiger partial charge on any atom is 0.266 e. The minimum absolute atomic E-state index is 0.586. The van der Waals surface area contributed by atoms with E-state index in [1.54, 1.807) is 6.08 Å². The molecule has 0 atom stereocenters. The van der Waals surface area contributed by atoms with Crippen molar-refractivity contribution in [2.75, 3.05) is 0 Å². The molecule has 0 rings (SSSR count). The molecule has 2 N–H and O–H groups in total. The predicted octanol–water partition coefficient (Wildman–Crippen LogP) is 1.40. The van der Waals surface area contributed by atoms with E-state index < -0.39 is 9.06 Å². The van der Waals surface area contributed by atoms with Gasteiger partial charge in [-0.3, -0.25) is 0 Å². The zero-order valence-corrected chi connectivity index (χ0v) is 7.91. The van der Waals surface area contributed by atoms with Crippen LogP contribution in [0.3, 0.4) is 0 Å². The molecule has 0 amide bonds. The number of rotatable bonds is 4. The highest BCUT2D eigenvalue weighted by atomic mass is 33.1. The van der Waals surface area contributed by atoms with Crippen molar-refractivity contribution < 1.29 is 8.42 Å². The van der Waals surface area contributed by atoms with Gasteiger partial charge in [0.25, 0.3) is 9.06 Å². The smallest absolute Gasteiger partial charge is 0.219 e. The Morgan fingerprint density at radius 3 is 2.64 bits per heavy atom. The summed E-state index contributed by atoms with van der Waals surface area (Å²) >= 11 is 0. The third-order valence-corrected chi connectivity index (χ3v) is 2.60. The summed E-state index contributed by atoms with van der Waals surface area (Å²) in [5, 5.41) is 6.14. The third-order valence-electron chi connectivity index (χ3n) is 0.948. The maximum atomic E-state index is 10.4. The minimum atomic E-state index is -3.44. The van der Waals surface area contributed by atoms with E-state index in [2.05, 4.69) is 6.58 Å². The van der Waals surface area contributed by atoms with Gasteiger partial charge in [-0.1, -0.05) is 25.2 Å². The molecule has 0 aromatic heterocycles. The largest absolute Gasteiger partial charge is 0.266 e. The molecule has 64 valence electrons. The zero-order valence-electron chi connectivity index (χ0n) is 6.28. The monoisotopic (exact) mass is 193 g/mol. The Hall–Kier alpha value is -0.260. The van der Waals surface area contributed by atoms with Crippen molar-refractivity contribution in [3.05, 3.63) is 23.6 Å². The van der Waals surface area contributed by atoms with E-state index in [0.717, 1.165) is 12.0 Å². The number of hydrogen-bond donors (Lipinski definition) is 1. The Morgan fingerprint density at radius 2 is 2.27 bits per heavy atom. The summed E-state index contributed by atoms with van der Waals surface area (Å²) in [6.45, 7) is 5.60. The van der Waals surface area contributed by atoms with Gasteiger partial charge in [-0.2, -0.15) is 0 Å². The molecular weight excluding hydrogens is 182 g/mol. The Balaban J connectivity index is 3.89. The lowest BCUT2D eigenvalue weighted by Gasteiger charge is -1.90. The zero-order chi connectivity index (χ0) is 8.91. The van der Waals surface area contributed by atoms with Crippen molar-refractivity contribution >= 4 is 19.8 Å². The summed E-state index contributed by atoms with van der Waals surface area (Å²) in [6, 6.07) is 0. The fourth-order valence-corrected chi connectivity index (χ4v) is 1.35. The lowest BCUT2D eigenvalue weighted by molar-refractivity contribution is 0.612. The minimum Gasteiger partial charge on any atom is -0.219 e. The summed E-state index contributed by atoms with van der Waals surface area (Å²) in [6.07, 6.45) is 2.44. The number of nitrogens with two attached hydrogens (primary N) is 1. The first-order valence-electron chi connectivity index (χ1n) is 3.01. The van der Waals surface area contributed by atoms with Crippen molar-refractivity contribution in [3.8, 4) is 0 Å². The molecule has 11 heavy (non-hydrogen) atoms. The van der Waals surface area contributed by atoms with E-state index in [1.165, 1.54) is 5.41 Å². The SMILES string of the molecule is C=C(/C=C\SS(N)(=O)=O)CC. The maximum absolute atomic E-state index is 10.4. The van der Waals surface area contributed by atoms with Gasteiger partial charge in [0.1, 0.15) is 0 Å². The molecule has 0 spiro atoms. The molecular formula is C6H11NO2S2. The molecule has 0 aromatic rings. The fraction of sp³-hybridized carbons (Fsp3) is 0.333. The van der Waals surface area contributed by atoms with Crippen LogP contribution in [0, 0.1) is 0 Å². The van der Waals surface area contributed by atoms with Gasteiger partial charge in [0, 0.05) is 10.8 Å². The molecule has 0 saturated carbocycles. The van der Waals surface area contributed by atoms with Crippen molar-refractivity contribution in [3.63, 3.8) is 0 Å². The molecule has 0 saturated heterocycles. The Labute approximate surface area is 70.8 Å². The Kier molecular flexibility index (Phi) is 4.48. The molecule has 0 aliphatic heterocycles. The number of hydrogen-bond acceptors (Lipinski definition) is 3. The third kappa shape index (κ3) is 7.64. The Bertz CT molecular complexity index is 254. The van der Waals surface area contributed by atoms with E-state index in [1.807, 2.05) is 6.92 Å². The summed E-state index contributed by atoms with van der Waals surface area (Å²) < 4.78 is 20.7. The lowest BCUT2D eigenvalue weighted by Crippen LogP contribution is -2.04. The molecule has 0 heterocycles. The van der Waals surface area contributed by atoms with Crippen LogP contribution in [0.1, 0.15) is 13.3 Å². The van der Waals surface area contributed by atoms with Gasteiger partial charge in [0.2, 0.25) is 0 Å². The summed E-state index contributed by atoms with van der Waals surface area (Å²) in [5.74, 6) is 0. The summed E-state index contributed by atoms with van der Waals surface area (Å²) in [7, 11) is -2.85. The molecule has 0 unspecified atom stereocenters. The van der Waals surface area contributed by atoms with E-state index in [-0.39, 0.29) is 0 Å². The molecule has 3 nitrogen and oxygen atoms in total. The quantitative estimate of drug-likeness (QED) is 0.542. The first-order valence-corrected chi connectivity index (χ1v) is 5.95. The van der Waals surface area contributed by atoms with Crippen molar-refractivity contribution in [1.29, 1.82) is 0 Å². The molecule has 0 aliphatic rings.